The van der Waals surface area contributed by atoms with E-state index in [1.165, 1.54) is 12.5 Å². The average Bonchev–Trinajstić information content (AvgIpc) is 2.92. The lowest BCUT2D eigenvalue weighted by Gasteiger charge is -2.33. The zero-order valence-electron chi connectivity index (χ0n) is 14.8. The van der Waals surface area contributed by atoms with Crippen LogP contribution in [0.1, 0.15) is 62.7 Å². The summed E-state index contributed by atoms with van der Waals surface area (Å²) in [7, 11) is 0. The van der Waals surface area contributed by atoms with Crippen LogP contribution in [0.4, 0.5) is 0 Å². The molecule has 0 saturated heterocycles. The maximum absolute atomic E-state index is 12.3. The number of allylic oxidation sites excluding steroid dienone is 1. The molecular formula is C21H24O4. The van der Waals surface area contributed by atoms with Gasteiger partial charge in [-0.3, -0.25) is 9.59 Å². The van der Waals surface area contributed by atoms with E-state index >= 15 is 0 Å². The van der Waals surface area contributed by atoms with E-state index in [1.54, 1.807) is 12.1 Å². The fraction of sp³-hybridized carbons (Fsp3) is 0.476. The minimum absolute atomic E-state index is 0.0127. The smallest absolute Gasteiger partial charge is 0.338 e. The molecule has 0 N–H and O–H groups in total. The van der Waals surface area contributed by atoms with Crippen LogP contribution in [0.15, 0.2) is 41.5 Å². The van der Waals surface area contributed by atoms with Crippen molar-refractivity contribution >= 4 is 17.5 Å². The third-order valence-corrected chi connectivity index (χ3v) is 5.62. The van der Waals surface area contributed by atoms with Crippen LogP contribution in [0.25, 0.3) is 0 Å². The molecule has 2 aliphatic carbocycles. The highest BCUT2D eigenvalue weighted by molar-refractivity contribution is 6.07. The monoisotopic (exact) mass is 340 g/mol. The molecule has 1 atom stereocenters. The lowest BCUT2D eigenvalue weighted by molar-refractivity contribution is -0.137. The van der Waals surface area contributed by atoms with E-state index in [2.05, 4.69) is 0 Å². The molecule has 0 bridgehead atoms. The van der Waals surface area contributed by atoms with E-state index in [4.69, 9.17) is 4.74 Å². The maximum atomic E-state index is 12.3. The van der Waals surface area contributed by atoms with Gasteiger partial charge in [-0.25, -0.2) is 4.79 Å². The van der Waals surface area contributed by atoms with Crippen LogP contribution in [0.5, 0.6) is 0 Å². The molecular weight excluding hydrogens is 316 g/mol. The molecule has 1 aromatic carbocycles. The van der Waals surface area contributed by atoms with Crippen LogP contribution in [0.3, 0.4) is 0 Å². The van der Waals surface area contributed by atoms with E-state index in [-0.39, 0.29) is 23.6 Å². The van der Waals surface area contributed by atoms with Crippen molar-refractivity contribution < 1.29 is 19.1 Å². The Morgan fingerprint density at radius 3 is 2.40 bits per heavy atom. The number of Topliss-reactive ketones (excluding diaryl/α,β-unsaturated/α-hetero) is 2. The fourth-order valence-electron chi connectivity index (χ4n) is 3.91. The highest BCUT2D eigenvalue weighted by Crippen LogP contribution is 2.44. The lowest BCUT2D eigenvalue weighted by Crippen LogP contribution is -2.35. The zero-order valence-corrected chi connectivity index (χ0v) is 14.8. The molecule has 2 fully saturated rings. The maximum Gasteiger partial charge on any atom is 0.338 e. The third kappa shape index (κ3) is 3.44. The molecule has 3 rings (SSSR count). The zero-order chi connectivity index (χ0) is 18.0. The second-order valence-electron chi connectivity index (χ2n) is 7.28. The van der Waals surface area contributed by atoms with Crippen molar-refractivity contribution in [1.29, 1.82) is 0 Å². The second kappa shape index (κ2) is 6.95. The second-order valence-corrected chi connectivity index (χ2v) is 7.28. The summed E-state index contributed by atoms with van der Waals surface area (Å²) < 4.78 is 5.51. The van der Waals surface area contributed by atoms with Gasteiger partial charge < -0.3 is 4.74 Å². The summed E-state index contributed by atoms with van der Waals surface area (Å²) in [5.74, 6) is -0.221. The molecule has 1 aromatic rings. The van der Waals surface area contributed by atoms with Crippen LogP contribution in [-0.4, -0.2) is 23.6 Å². The molecule has 0 aromatic heterocycles. The fourth-order valence-corrected chi connectivity index (χ4v) is 3.91. The number of esters is 1. The highest BCUT2D eigenvalue weighted by atomic mass is 16.5. The number of rotatable bonds is 5. The molecule has 132 valence electrons. The van der Waals surface area contributed by atoms with Gasteiger partial charge in [-0.05, 0) is 45.2 Å². The standard InChI is InChI=1S/C21H24O4/c1-14(13-21(15(2)22)10-6-9-19(21)23)17-11-18(12-17)25-20(24)16-7-4-3-5-8-16/h3-5,7-8,18H,6,9-13H2,1-2H3. The molecule has 2 aliphatic rings. The number of carbonyl (C=O) groups excluding carboxylic acids is 3. The first-order chi connectivity index (χ1) is 11.9. The summed E-state index contributed by atoms with van der Waals surface area (Å²) in [4.78, 5) is 36.4. The number of hydrogen-bond acceptors (Lipinski definition) is 4. The molecule has 0 amide bonds. The Morgan fingerprint density at radius 1 is 1.16 bits per heavy atom. The SMILES string of the molecule is CC(=O)C1(CC(C)=C2CC(OC(=O)c3ccccc3)C2)CCCC1=O. The number of benzene rings is 1. The summed E-state index contributed by atoms with van der Waals surface area (Å²) in [6, 6.07) is 8.97. The molecule has 0 radical (unpaired) electrons. The number of ether oxygens (including phenoxy) is 1. The van der Waals surface area contributed by atoms with Gasteiger partial charge in [0.2, 0.25) is 0 Å². The van der Waals surface area contributed by atoms with E-state index < -0.39 is 5.41 Å². The van der Waals surface area contributed by atoms with Crippen molar-refractivity contribution in [2.45, 2.75) is 58.5 Å². The molecule has 0 spiro atoms. The number of ketones is 2. The Balaban J connectivity index is 1.60. The van der Waals surface area contributed by atoms with Crippen molar-refractivity contribution in [2.24, 2.45) is 5.41 Å². The van der Waals surface area contributed by atoms with Crippen molar-refractivity contribution in [2.75, 3.05) is 0 Å². The lowest BCUT2D eigenvalue weighted by atomic mass is 9.73. The first-order valence-corrected chi connectivity index (χ1v) is 8.90. The molecule has 1 unspecified atom stereocenters. The van der Waals surface area contributed by atoms with Crippen molar-refractivity contribution in [3.8, 4) is 0 Å². The number of hydrogen-bond donors (Lipinski definition) is 0. The Morgan fingerprint density at radius 2 is 1.84 bits per heavy atom. The molecule has 4 nitrogen and oxygen atoms in total. The van der Waals surface area contributed by atoms with E-state index in [0.717, 1.165) is 12.0 Å². The van der Waals surface area contributed by atoms with Gasteiger partial charge in [0.15, 0.2) is 0 Å². The highest BCUT2D eigenvalue weighted by Gasteiger charge is 2.46. The largest absolute Gasteiger partial charge is 0.458 e. The van der Waals surface area contributed by atoms with Gasteiger partial charge in [0, 0.05) is 19.3 Å². The Kier molecular flexibility index (Phi) is 4.89. The average molecular weight is 340 g/mol. The van der Waals surface area contributed by atoms with Gasteiger partial charge in [-0.1, -0.05) is 29.3 Å². The van der Waals surface area contributed by atoms with Gasteiger partial charge in [0.25, 0.3) is 0 Å². The van der Waals surface area contributed by atoms with Gasteiger partial charge in [0.1, 0.15) is 17.7 Å². The van der Waals surface area contributed by atoms with Gasteiger partial charge in [0.05, 0.1) is 11.0 Å². The summed E-state index contributed by atoms with van der Waals surface area (Å²) in [6.45, 7) is 3.53. The first-order valence-electron chi connectivity index (χ1n) is 8.90. The van der Waals surface area contributed by atoms with Gasteiger partial charge >= 0.3 is 5.97 Å². The van der Waals surface area contributed by atoms with Crippen LogP contribution in [0, 0.1) is 5.41 Å². The van der Waals surface area contributed by atoms with Crippen molar-refractivity contribution in [3.05, 3.63) is 47.0 Å². The quantitative estimate of drug-likeness (QED) is 0.461. The third-order valence-electron chi connectivity index (χ3n) is 5.62. The van der Waals surface area contributed by atoms with Crippen molar-refractivity contribution in [3.63, 3.8) is 0 Å². The number of carbonyl (C=O) groups is 3. The van der Waals surface area contributed by atoms with E-state index in [1.807, 2.05) is 25.1 Å². The first kappa shape index (κ1) is 17.6. The van der Waals surface area contributed by atoms with Crippen LogP contribution in [0.2, 0.25) is 0 Å². The van der Waals surface area contributed by atoms with Crippen LogP contribution < -0.4 is 0 Å². The summed E-state index contributed by atoms with van der Waals surface area (Å²) >= 11 is 0. The Hall–Kier alpha value is -2.23. The Labute approximate surface area is 148 Å². The minimum Gasteiger partial charge on any atom is -0.458 e. The molecule has 25 heavy (non-hydrogen) atoms. The van der Waals surface area contributed by atoms with Crippen LogP contribution >= 0.6 is 0 Å². The normalized spacial score (nSPS) is 25.4. The summed E-state index contributed by atoms with van der Waals surface area (Å²) in [5.41, 5.74) is 2.08. The molecule has 4 heteroatoms. The Bertz CT molecular complexity index is 724. The molecule has 0 heterocycles. The van der Waals surface area contributed by atoms with Crippen LogP contribution in [-0.2, 0) is 14.3 Å². The van der Waals surface area contributed by atoms with Crippen molar-refractivity contribution in [1.82, 2.24) is 0 Å². The molecule has 0 aliphatic heterocycles. The van der Waals surface area contributed by atoms with Gasteiger partial charge in [-0.15, -0.1) is 0 Å². The predicted molar refractivity (Wildman–Crippen MR) is 94.2 cm³/mol. The predicted octanol–water partition coefficient (Wildman–Crippen LogP) is 4.04. The van der Waals surface area contributed by atoms with E-state index in [0.29, 0.717) is 37.7 Å². The summed E-state index contributed by atoms with van der Waals surface area (Å²) in [5, 5.41) is 0. The minimum atomic E-state index is -0.803. The summed E-state index contributed by atoms with van der Waals surface area (Å²) in [6.07, 6.45) is 3.80. The van der Waals surface area contributed by atoms with E-state index in [9.17, 15) is 14.4 Å². The molecule has 2 saturated carbocycles. The topological polar surface area (TPSA) is 60.4 Å². The van der Waals surface area contributed by atoms with Gasteiger partial charge in [-0.2, -0.15) is 0 Å².